The smallest absolute Gasteiger partial charge is 0.0406 e. The first-order chi connectivity index (χ1) is 8.57. The van der Waals surface area contributed by atoms with Crippen LogP contribution in [-0.4, -0.2) is 24.0 Å². The summed E-state index contributed by atoms with van der Waals surface area (Å²) in [6.07, 6.45) is 6.11. The maximum Gasteiger partial charge on any atom is 0.0406 e. The summed E-state index contributed by atoms with van der Waals surface area (Å²) in [6, 6.07) is 8.08. The number of halogens is 1. The van der Waals surface area contributed by atoms with Crippen LogP contribution in [0.5, 0.6) is 0 Å². The molecule has 1 saturated carbocycles. The summed E-state index contributed by atoms with van der Waals surface area (Å²) in [5, 5.41) is 0.799. The topological polar surface area (TPSA) is 29.3 Å². The quantitative estimate of drug-likeness (QED) is 0.885. The molecule has 1 fully saturated rings. The number of hydrogen-bond donors (Lipinski definition) is 1. The average Bonchev–Trinajstić information content (AvgIpc) is 2.78. The van der Waals surface area contributed by atoms with Crippen LogP contribution in [0.1, 0.15) is 37.7 Å². The lowest BCUT2D eigenvalue weighted by Crippen LogP contribution is -2.39. The van der Waals surface area contributed by atoms with Crippen molar-refractivity contribution in [3.8, 4) is 0 Å². The van der Waals surface area contributed by atoms with Gasteiger partial charge in [-0.25, -0.2) is 0 Å². The van der Waals surface area contributed by atoms with Crippen LogP contribution in [0.4, 0.5) is 0 Å². The summed E-state index contributed by atoms with van der Waals surface area (Å²) in [5.74, 6) is 0. The number of benzene rings is 1. The standard InChI is InChI=1S/C15H23ClN2/c1-18(11-10-15(17)8-2-3-9-15)12-13-4-6-14(16)7-5-13/h4-7H,2-3,8-12,17H2,1H3. The summed E-state index contributed by atoms with van der Waals surface area (Å²) < 4.78 is 0. The Kier molecular flexibility index (Phi) is 4.66. The van der Waals surface area contributed by atoms with Gasteiger partial charge in [-0.05, 0) is 50.6 Å². The summed E-state index contributed by atoms with van der Waals surface area (Å²) in [7, 11) is 2.16. The second kappa shape index (κ2) is 6.05. The van der Waals surface area contributed by atoms with Crippen molar-refractivity contribution in [2.75, 3.05) is 13.6 Å². The minimum atomic E-state index is 0.105. The van der Waals surface area contributed by atoms with E-state index >= 15 is 0 Å². The molecule has 1 aromatic rings. The third-order valence-electron chi connectivity index (χ3n) is 3.96. The highest BCUT2D eigenvalue weighted by Crippen LogP contribution is 2.30. The predicted octanol–water partition coefficient (Wildman–Crippen LogP) is 3.43. The minimum Gasteiger partial charge on any atom is -0.325 e. The molecule has 0 aliphatic heterocycles. The van der Waals surface area contributed by atoms with Gasteiger partial charge in [0.2, 0.25) is 0 Å². The van der Waals surface area contributed by atoms with Crippen LogP contribution in [0.2, 0.25) is 5.02 Å². The molecule has 0 bridgehead atoms. The highest BCUT2D eigenvalue weighted by atomic mass is 35.5. The molecule has 100 valence electrons. The maximum absolute atomic E-state index is 6.38. The van der Waals surface area contributed by atoms with Crippen molar-refractivity contribution in [3.63, 3.8) is 0 Å². The van der Waals surface area contributed by atoms with Crippen LogP contribution < -0.4 is 5.73 Å². The lowest BCUT2D eigenvalue weighted by Gasteiger charge is -2.26. The molecule has 0 spiro atoms. The van der Waals surface area contributed by atoms with Gasteiger partial charge in [-0.3, -0.25) is 0 Å². The van der Waals surface area contributed by atoms with E-state index in [9.17, 15) is 0 Å². The summed E-state index contributed by atoms with van der Waals surface area (Å²) >= 11 is 5.88. The van der Waals surface area contributed by atoms with Crippen LogP contribution in [0.15, 0.2) is 24.3 Å². The van der Waals surface area contributed by atoms with Crippen LogP contribution in [0.25, 0.3) is 0 Å². The summed E-state index contributed by atoms with van der Waals surface area (Å²) in [4.78, 5) is 2.34. The van der Waals surface area contributed by atoms with Gasteiger partial charge in [0.05, 0.1) is 0 Å². The molecule has 0 heterocycles. The van der Waals surface area contributed by atoms with Gasteiger partial charge in [0.15, 0.2) is 0 Å². The monoisotopic (exact) mass is 266 g/mol. The van der Waals surface area contributed by atoms with Gasteiger partial charge in [0, 0.05) is 17.1 Å². The zero-order chi connectivity index (χ0) is 13.0. The third-order valence-corrected chi connectivity index (χ3v) is 4.21. The second-order valence-electron chi connectivity index (χ2n) is 5.68. The molecule has 3 heteroatoms. The number of nitrogens with two attached hydrogens (primary N) is 1. The molecule has 0 saturated heterocycles. The minimum absolute atomic E-state index is 0.105. The van der Waals surface area contributed by atoms with Gasteiger partial charge in [-0.2, -0.15) is 0 Å². The first-order valence-corrected chi connectivity index (χ1v) is 7.17. The number of nitrogens with zero attached hydrogens (tertiary/aromatic N) is 1. The fourth-order valence-corrected chi connectivity index (χ4v) is 2.85. The molecular formula is C15H23ClN2. The fourth-order valence-electron chi connectivity index (χ4n) is 2.72. The molecule has 1 aliphatic rings. The first-order valence-electron chi connectivity index (χ1n) is 6.79. The molecule has 0 radical (unpaired) electrons. The second-order valence-corrected chi connectivity index (χ2v) is 6.12. The lowest BCUT2D eigenvalue weighted by atomic mass is 9.94. The van der Waals surface area contributed by atoms with Gasteiger partial charge in [0.1, 0.15) is 0 Å². The third kappa shape index (κ3) is 3.98. The van der Waals surface area contributed by atoms with E-state index in [0.29, 0.717) is 0 Å². The molecule has 2 rings (SSSR count). The average molecular weight is 267 g/mol. The molecule has 0 atom stereocenters. The summed E-state index contributed by atoms with van der Waals surface area (Å²) in [6.45, 7) is 2.03. The maximum atomic E-state index is 6.38. The molecule has 18 heavy (non-hydrogen) atoms. The molecule has 0 unspecified atom stereocenters. The van der Waals surface area contributed by atoms with Crippen LogP contribution >= 0.6 is 11.6 Å². The molecule has 2 nitrogen and oxygen atoms in total. The number of rotatable bonds is 5. The Balaban J connectivity index is 1.78. The van der Waals surface area contributed by atoms with Crippen molar-refractivity contribution in [3.05, 3.63) is 34.9 Å². The van der Waals surface area contributed by atoms with Crippen LogP contribution in [0.3, 0.4) is 0 Å². The van der Waals surface area contributed by atoms with Crippen LogP contribution in [0, 0.1) is 0 Å². The zero-order valence-corrected chi connectivity index (χ0v) is 11.9. The summed E-state index contributed by atoms with van der Waals surface area (Å²) in [5.41, 5.74) is 7.79. The highest BCUT2D eigenvalue weighted by molar-refractivity contribution is 6.30. The first kappa shape index (κ1) is 13.9. The van der Waals surface area contributed by atoms with Crippen molar-refractivity contribution in [1.29, 1.82) is 0 Å². The SMILES string of the molecule is CN(CCC1(N)CCCC1)Cc1ccc(Cl)cc1. The lowest BCUT2D eigenvalue weighted by molar-refractivity contribution is 0.273. The Morgan fingerprint density at radius 2 is 1.83 bits per heavy atom. The molecule has 2 N–H and O–H groups in total. The molecule has 0 aromatic heterocycles. The van der Waals surface area contributed by atoms with Crippen molar-refractivity contribution in [2.24, 2.45) is 5.73 Å². The van der Waals surface area contributed by atoms with Gasteiger partial charge < -0.3 is 10.6 Å². The fraction of sp³-hybridized carbons (Fsp3) is 0.600. The van der Waals surface area contributed by atoms with E-state index in [0.717, 1.165) is 24.5 Å². The van der Waals surface area contributed by atoms with Crippen LogP contribution in [-0.2, 0) is 6.54 Å². The van der Waals surface area contributed by atoms with Crippen molar-refractivity contribution in [1.82, 2.24) is 4.90 Å². The molecule has 0 amide bonds. The molecular weight excluding hydrogens is 244 g/mol. The van der Waals surface area contributed by atoms with Crippen molar-refractivity contribution < 1.29 is 0 Å². The Morgan fingerprint density at radius 1 is 1.22 bits per heavy atom. The molecule has 1 aliphatic carbocycles. The van der Waals surface area contributed by atoms with Gasteiger partial charge in [-0.15, -0.1) is 0 Å². The largest absolute Gasteiger partial charge is 0.325 e. The highest BCUT2D eigenvalue weighted by Gasteiger charge is 2.28. The van der Waals surface area contributed by atoms with Crippen molar-refractivity contribution in [2.45, 2.75) is 44.2 Å². The molecule has 1 aromatic carbocycles. The Hall–Kier alpha value is -0.570. The Labute approximate surface area is 115 Å². The zero-order valence-electron chi connectivity index (χ0n) is 11.2. The van der Waals surface area contributed by atoms with E-state index in [1.165, 1.54) is 31.2 Å². The van der Waals surface area contributed by atoms with Gasteiger partial charge in [0.25, 0.3) is 0 Å². The van der Waals surface area contributed by atoms with E-state index in [-0.39, 0.29) is 5.54 Å². The van der Waals surface area contributed by atoms with E-state index in [2.05, 4.69) is 24.1 Å². The predicted molar refractivity (Wildman–Crippen MR) is 77.8 cm³/mol. The van der Waals surface area contributed by atoms with Crippen molar-refractivity contribution >= 4 is 11.6 Å². The Morgan fingerprint density at radius 3 is 2.44 bits per heavy atom. The van der Waals surface area contributed by atoms with E-state index in [4.69, 9.17) is 17.3 Å². The van der Waals surface area contributed by atoms with Gasteiger partial charge >= 0.3 is 0 Å². The Bertz CT molecular complexity index is 369. The number of hydrogen-bond acceptors (Lipinski definition) is 2. The van der Waals surface area contributed by atoms with Gasteiger partial charge in [-0.1, -0.05) is 36.6 Å². The van der Waals surface area contributed by atoms with E-state index in [1.807, 2.05) is 12.1 Å². The van der Waals surface area contributed by atoms with E-state index in [1.54, 1.807) is 0 Å². The van der Waals surface area contributed by atoms with E-state index < -0.39 is 0 Å². The normalized spacial score (nSPS) is 18.4.